The van der Waals surface area contributed by atoms with Crippen LogP contribution in [0.5, 0.6) is 0 Å². The van der Waals surface area contributed by atoms with E-state index >= 15 is 0 Å². The van der Waals surface area contributed by atoms with Gasteiger partial charge in [0.25, 0.3) is 0 Å². The molecular weight excluding hydrogens is 452 g/mol. The molecule has 0 nitrogen and oxygen atoms in total. The Morgan fingerprint density at radius 1 is 0.471 bits per heavy atom. The van der Waals surface area contributed by atoms with Crippen molar-refractivity contribution in [3.8, 4) is 22.3 Å². The first-order valence-electron chi connectivity index (χ1n) is 11.4. The van der Waals surface area contributed by atoms with Crippen LogP contribution in [0.15, 0.2) is 115 Å². The molecular formula is C32H19ClS. The van der Waals surface area contributed by atoms with Gasteiger partial charge in [-0.2, -0.15) is 0 Å². The minimum atomic E-state index is 0.772. The molecule has 0 spiro atoms. The molecule has 0 radical (unpaired) electrons. The molecule has 160 valence electrons. The Morgan fingerprint density at radius 2 is 1.18 bits per heavy atom. The molecule has 0 N–H and O–H groups in total. The van der Waals surface area contributed by atoms with E-state index in [0.717, 1.165) is 21.7 Å². The molecule has 0 saturated heterocycles. The minimum absolute atomic E-state index is 0.772. The predicted molar refractivity (Wildman–Crippen MR) is 150 cm³/mol. The van der Waals surface area contributed by atoms with E-state index in [0.29, 0.717) is 0 Å². The molecule has 0 aliphatic rings. The van der Waals surface area contributed by atoms with Gasteiger partial charge in [0.1, 0.15) is 0 Å². The second kappa shape index (κ2) is 7.70. The molecule has 0 aliphatic heterocycles. The second-order valence-corrected chi connectivity index (χ2v) is 10.2. The standard InChI is InChI=1S/C32H19ClS/c33-29-14-7-13-26(27-18-20-8-1-2-9-22(20)23-10-3-4-11-24(23)27)32(29)21-16-17-31-28(19-21)25-12-5-6-15-30(25)34-31/h1-19H. The van der Waals surface area contributed by atoms with Crippen molar-refractivity contribution < 1.29 is 0 Å². The van der Waals surface area contributed by atoms with Gasteiger partial charge in [-0.15, -0.1) is 11.3 Å². The highest BCUT2D eigenvalue weighted by atomic mass is 35.5. The van der Waals surface area contributed by atoms with Crippen LogP contribution in [0.4, 0.5) is 0 Å². The van der Waals surface area contributed by atoms with E-state index in [1.54, 1.807) is 0 Å². The lowest BCUT2D eigenvalue weighted by molar-refractivity contribution is 1.63. The van der Waals surface area contributed by atoms with Crippen LogP contribution in [0, 0.1) is 0 Å². The Labute approximate surface area is 206 Å². The highest BCUT2D eigenvalue weighted by molar-refractivity contribution is 7.25. The predicted octanol–water partition coefficient (Wildman–Crippen LogP) is 10.3. The first-order chi connectivity index (χ1) is 16.8. The smallest absolute Gasteiger partial charge is 0.0490 e. The third-order valence-electron chi connectivity index (χ3n) is 6.74. The summed E-state index contributed by atoms with van der Waals surface area (Å²) in [5.74, 6) is 0. The van der Waals surface area contributed by atoms with E-state index in [2.05, 4.69) is 109 Å². The van der Waals surface area contributed by atoms with Crippen molar-refractivity contribution >= 4 is 64.7 Å². The van der Waals surface area contributed by atoms with Gasteiger partial charge in [0.15, 0.2) is 0 Å². The third-order valence-corrected chi connectivity index (χ3v) is 8.20. The number of hydrogen-bond donors (Lipinski definition) is 0. The average Bonchev–Trinajstić information content (AvgIpc) is 3.26. The average molecular weight is 471 g/mol. The quantitative estimate of drug-likeness (QED) is 0.220. The third kappa shape index (κ3) is 2.98. The molecule has 6 aromatic carbocycles. The molecule has 34 heavy (non-hydrogen) atoms. The first kappa shape index (κ1) is 19.8. The summed E-state index contributed by atoms with van der Waals surface area (Å²) in [5, 5.41) is 8.38. The summed E-state index contributed by atoms with van der Waals surface area (Å²) in [6.07, 6.45) is 0. The molecule has 1 heterocycles. The van der Waals surface area contributed by atoms with Crippen molar-refractivity contribution in [2.75, 3.05) is 0 Å². The zero-order valence-corrected chi connectivity index (χ0v) is 19.8. The Bertz CT molecular complexity index is 1880. The number of rotatable bonds is 2. The fourth-order valence-electron chi connectivity index (χ4n) is 5.20. The van der Waals surface area contributed by atoms with Crippen LogP contribution < -0.4 is 0 Å². The molecule has 0 saturated carbocycles. The normalized spacial score (nSPS) is 11.7. The molecule has 0 atom stereocenters. The molecule has 0 bridgehead atoms. The SMILES string of the molecule is Clc1cccc(-c2cc3ccccc3c3ccccc23)c1-c1ccc2sc3ccccc3c2c1. The van der Waals surface area contributed by atoms with Gasteiger partial charge in [0, 0.05) is 30.8 Å². The van der Waals surface area contributed by atoms with Gasteiger partial charge in [-0.1, -0.05) is 96.5 Å². The van der Waals surface area contributed by atoms with Crippen LogP contribution in [0.2, 0.25) is 5.02 Å². The topological polar surface area (TPSA) is 0 Å². The van der Waals surface area contributed by atoms with Gasteiger partial charge in [-0.25, -0.2) is 0 Å². The Hall–Kier alpha value is -3.65. The van der Waals surface area contributed by atoms with E-state index in [-0.39, 0.29) is 0 Å². The van der Waals surface area contributed by atoms with E-state index in [1.165, 1.54) is 47.3 Å². The molecule has 7 rings (SSSR count). The molecule has 0 amide bonds. The maximum atomic E-state index is 6.93. The monoisotopic (exact) mass is 470 g/mol. The summed E-state index contributed by atoms with van der Waals surface area (Å²) in [6.45, 7) is 0. The Balaban J connectivity index is 1.55. The van der Waals surface area contributed by atoms with Crippen molar-refractivity contribution in [1.29, 1.82) is 0 Å². The lowest BCUT2D eigenvalue weighted by Gasteiger charge is -2.16. The number of benzene rings is 6. The van der Waals surface area contributed by atoms with E-state index in [4.69, 9.17) is 11.6 Å². The molecule has 2 heteroatoms. The molecule has 0 aliphatic carbocycles. The minimum Gasteiger partial charge on any atom is -0.135 e. The van der Waals surface area contributed by atoms with Gasteiger partial charge in [-0.3, -0.25) is 0 Å². The van der Waals surface area contributed by atoms with Gasteiger partial charge in [0.05, 0.1) is 0 Å². The van der Waals surface area contributed by atoms with E-state index < -0.39 is 0 Å². The molecule has 0 unspecified atom stereocenters. The lowest BCUT2D eigenvalue weighted by Crippen LogP contribution is -1.89. The lowest BCUT2D eigenvalue weighted by atomic mass is 9.88. The van der Waals surface area contributed by atoms with Crippen LogP contribution in [0.1, 0.15) is 0 Å². The fourth-order valence-corrected chi connectivity index (χ4v) is 6.57. The van der Waals surface area contributed by atoms with Gasteiger partial charge in [-0.05, 0) is 68.6 Å². The number of fused-ring (bicyclic) bond motifs is 6. The summed E-state index contributed by atoms with van der Waals surface area (Å²) in [4.78, 5) is 0. The molecule has 7 aromatic rings. The Morgan fingerprint density at radius 3 is 2.06 bits per heavy atom. The summed E-state index contributed by atoms with van der Waals surface area (Å²) >= 11 is 8.77. The maximum absolute atomic E-state index is 6.93. The van der Waals surface area contributed by atoms with Crippen molar-refractivity contribution in [3.05, 3.63) is 120 Å². The highest BCUT2D eigenvalue weighted by Gasteiger charge is 2.16. The summed E-state index contributed by atoms with van der Waals surface area (Å²) in [7, 11) is 0. The molecule has 0 fully saturated rings. The van der Waals surface area contributed by atoms with Gasteiger partial charge < -0.3 is 0 Å². The number of halogens is 1. The van der Waals surface area contributed by atoms with Crippen molar-refractivity contribution in [3.63, 3.8) is 0 Å². The highest BCUT2D eigenvalue weighted by Crippen LogP contribution is 2.44. The van der Waals surface area contributed by atoms with Crippen LogP contribution in [-0.4, -0.2) is 0 Å². The number of thiophene rings is 1. The van der Waals surface area contributed by atoms with Crippen molar-refractivity contribution in [2.45, 2.75) is 0 Å². The summed E-state index contributed by atoms with van der Waals surface area (Å²) < 4.78 is 2.62. The summed E-state index contributed by atoms with van der Waals surface area (Å²) in [6, 6.07) is 41.2. The maximum Gasteiger partial charge on any atom is 0.0490 e. The largest absolute Gasteiger partial charge is 0.135 e. The zero-order valence-electron chi connectivity index (χ0n) is 18.3. The van der Waals surface area contributed by atoms with Crippen LogP contribution >= 0.6 is 22.9 Å². The van der Waals surface area contributed by atoms with Crippen LogP contribution in [0.25, 0.3) is 64.0 Å². The van der Waals surface area contributed by atoms with Gasteiger partial charge >= 0.3 is 0 Å². The second-order valence-electron chi connectivity index (χ2n) is 8.66. The van der Waals surface area contributed by atoms with Gasteiger partial charge in [0.2, 0.25) is 0 Å². The summed E-state index contributed by atoms with van der Waals surface area (Å²) in [5.41, 5.74) is 4.60. The fraction of sp³-hybridized carbons (Fsp3) is 0. The molecule has 1 aromatic heterocycles. The van der Waals surface area contributed by atoms with Crippen LogP contribution in [0.3, 0.4) is 0 Å². The zero-order chi connectivity index (χ0) is 22.6. The van der Waals surface area contributed by atoms with Crippen molar-refractivity contribution in [2.24, 2.45) is 0 Å². The van der Waals surface area contributed by atoms with Crippen molar-refractivity contribution in [1.82, 2.24) is 0 Å². The first-order valence-corrected chi connectivity index (χ1v) is 12.6. The van der Waals surface area contributed by atoms with Crippen LogP contribution in [-0.2, 0) is 0 Å². The van der Waals surface area contributed by atoms with E-state index in [9.17, 15) is 0 Å². The number of hydrogen-bond acceptors (Lipinski definition) is 1. The van der Waals surface area contributed by atoms with E-state index in [1.807, 2.05) is 17.4 Å². The Kier molecular flexibility index (Phi) is 4.48.